The van der Waals surface area contributed by atoms with Crippen molar-refractivity contribution in [1.29, 1.82) is 0 Å². The Morgan fingerprint density at radius 3 is 2.69 bits per heavy atom. The van der Waals surface area contributed by atoms with Gasteiger partial charge in [-0.05, 0) is 30.2 Å². The van der Waals surface area contributed by atoms with Crippen LogP contribution in [0.3, 0.4) is 0 Å². The molecule has 0 heterocycles. The van der Waals surface area contributed by atoms with Crippen molar-refractivity contribution in [1.82, 2.24) is 5.32 Å². The fourth-order valence-corrected chi connectivity index (χ4v) is 3.46. The minimum absolute atomic E-state index is 0.103. The molecule has 0 saturated heterocycles. The molecular formula is C20H24ClNO3S. The lowest BCUT2D eigenvalue weighted by Gasteiger charge is -2.17. The third-order valence-corrected chi connectivity index (χ3v) is 5.12. The Morgan fingerprint density at radius 2 is 1.96 bits per heavy atom. The van der Waals surface area contributed by atoms with Crippen LogP contribution in [-0.4, -0.2) is 31.4 Å². The first-order chi connectivity index (χ1) is 12.6. The average molecular weight is 394 g/mol. The molecule has 0 aliphatic heterocycles. The van der Waals surface area contributed by atoms with Gasteiger partial charge in [-0.1, -0.05) is 42.8 Å². The van der Waals surface area contributed by atoms with Gasteiger partial charge in [0.25, 0.3) is 5.91 Å². The van der Waals surface area contributed by atoms with Gasteiger partial charge in [0.05, 0.1) is 7.11 Å². The van der Waals surface area contributed by atoms with E-state index < -0.39 is 6.10 Å². The van der Waals surface area contributed by atoms with E-state index in [1.807, 2.05) is 49.4 Å². The molecular weight excluding hydrogens is 370 g/mol. The summed E-state index contributed by atoms with van der Waals surface area (Å²) in [5, 5.41) is 3.71. The van der Waals surface area contributed by atoms with Crippen LogP contribution in [0.1, 0.15) is 18.9 Å². The summed E-state index contributed by atoms with van der Waals surface area (Å²) in [5.41, 5.74) is 1.11. The van der Waals surface area contributed by atoms with Crippen LogP contribution in [0.15, 0.2) is 48.5 Å². The Hall–Kier alpha value is -1.85. The molecule has 1 N–H and O–H groups in total. The Bertz CT molecular complexity index is 711. The standard InChI is InChI=1S/C20H24ClNO3S/c1-3-19(25-17-9-6-8-16(13-17)24-2)20(23)22-11-12-26-14-15-7-4-5-10-18(15)21/h4-10,13,19H,3,11-12,14H2,1-2H3,(H,22,23)/t19-/m1/s1. The van der Waals surface area contributed by atoms with Crippen molar-refractivity contribution >= 4 is 29.3 Å². The number of rotatable bonds is 10. The maximum Gasteiger partial charge on any atom is 0.261 e. The molecule has 0 fully saturated rings. The van der Waals surface area contributed by atoms with Gasteiger partial charge in [0.2, 0.25) is 0 Å². The van der Waals surface area contributed by atoms with E-state index in [-0.39, 0.29) is 5.91 Å². The molecule has 0 aliphatic carbocycles. The van der Waals surface area contributed by atoms with Crippen LogP contribution in [0.4, 0.5) is 0 Å². The summed E-state index contributed by atoms with van der Waals surface area (Å²) >= 11 is 7.87. The number of carbonyl (C=O) groups is 1. The number of benzene rings is 2. The third-order valence-electron chi connectivity index (χ3n) is 3.74. The van der Waals surface area contributed by atoms with Gasteiger partial charge < -0.3 is 14.8 Å². The van der Waals surface area contributed by atoms with Crippen LogP contribution in [0.25, 0.3) is 0 Å². The quantitative estimate of drug-likeness (QED) is 0.601. The molecule has 1 amide bonds. The van der Waals surface area contributed by atoms with Gasteiger partial charge in [0, 0.05) is 29.1 Å². The molecule has 0 spiro atoms. The number of methoxy groups -OCH3 is 1. The summed E-state index contributed by atoms with van der Waals surface area (Å²) in [6.07, 6.45) is 0.0752. The van der Waals surface area contributed by atoms with Crippen LogP contribution in [-0.2, 0) is 10.5 Å². The monoisotopic (exact) mass is 393 g/mol. The smallest absolute Gasteiger partial charge is 0.261 e. The van der Waals surface area contributed by atoms with Crippen molar-refractivity contribution in [2.45, 2.75) is 25.2 Å². The highest BCUT2D eigenvalue weighted by Crippen LogP contribution is 2.21. The maximum atomic E-state index is 12.3. The molecule has 0 aromatic heterocycles. The molecule has 4 nitrogen and oxygen atoms in total. The normalized spacial score (nSPS) is 11.7. The SMILES string of the molecule is CC[C@@H](Oc1cccc(OC)c1)C(=O)NCCSCc1ccccc1Cl. The van der Waals surface area contributed by atoms with E-state index >= 15 is 0 Å². The molecule has 0 bridgehead atoms. The fourth-order valence-electron chi connectivity index (χ4n) is 2.32. The summed E-state index contributed by atoms with van der Waals surface area (Å²) in [6.45, 7) is 2.52. The fraction of sp³-hybridized carbons (Fsp3) is 0.350. The van der Waals surface area contributed by atoms with E-state index in [0.29, 0.717) is 24.5 Å². The zero-order valence-electron chi connectivity index (χ0n) is 15.0. The van der Waals surface area contributed by atoms with E-state index in [1.54, 1.807) is 24.9 Å². The highest BCUT2D eigenvalue weighted by molar-refractivity contribution is 7.98. The molecule has 2 rings (SSSR count). The number of hydrogen-bond donors (Lipinski definition) is 1. The number of thioether (sulfide) groups is 1. The van der Waals surface area contributed by atoms with Gasteiger partial charge in [-0.2, -0.15) is 11.8 Å². The van der Waals surface area contributed by atoms with Crippen molar-refractivity contribution in [3.05, 3.63) is 59.1 Å². The highest BCUT2D eigenvalue weighted by atomic mass is 35.5. The van der Waals surface area contributed by atoms with Crippen molar-refractivity contribution in [2.24, 2.45) is 0 Å². The summed E-state index contributed by atoms with van der Waals surface area (Å²) < 4.78 is 11.0. The minimum Gasteiger partial charge on any atom is -0.497 e. The second kappa shape index (κ2) is 11.0. The lowest BCUT2D eigenvalue weighted by Crippen LogP contribution is -2.39. The Balaban J connectivity index is 1.73. The number of hydrogen-bond acceptors (Lipinski definition) is 4. The molecule has 2 aromatic rings. The van der Waals surface area contributed by atoms with Gasteiger partial charge in [-0.3, -0.25) is 4.79 Å². The summed E-state index contributed by atoms with van der Waals surface area (Å²) in [6, 6.07) is 15.1. The molecule has 6 heteroatoms. The Morgan fingerprint density at radius 1 is 1.19 bits per heavy atom. The van der Waals surface area contributed by atoms with Crippen LogP contribution in [0.2, 0.25) is 5.02 Å². The predicted octanol–water partition coefficient (Wildman–Crippen LogP) is 4.56. The molecule has 2 aromatic carbocycles. The van der Waals surface area contributed by atoms with Gasteiger partial charge in [-0.25, -0.2) is 0 Å². The first-order valence-corrected chi connectivity index (χ1v) is 10.1. The van der Waals surface area contributed by atoms with Gasteiger partial charge in [0.1, 0.15) is 11.5 Å². The summed E-state index contributed by atoms with van der Waals surface area (Å²) in [5.74, 6) is 2.86. The van der Waals surface area contributed by atoms with Crippen molar-refractivity contribution < 1.29 is 14.3 Å². The zero-order valence-corrected chi connectivity index (χ0v) is 16.6. The van der Waals surface area contributed by atoms with Gasteiger partial charge in [-0.15, -0.1) is 0 Å². The van der Waals surface area contributed by atoms with E-state index in [2.05, 4.69) is 5.32 Å². The Labute approximate surface area is 164 Å². The number of halogens is 1. The first kappa shape index (κ1) is 20.5. The van der Waals surface area contributed by atoms with Crippen molar-refractivity contribution in [2.75, 3.05) is 19.4 Å². The van der Waals surface area contributed by atoms with E-state index in [4.69, 9.17) is 21.1 Å². The molecule has 0 aliphatic rings. The largest absolute Gasteiger partial charge is 0.497 e. The molecule has 140 valence electrons. The first-order valence-electron chi connectivity index (χ1n) is 8.53. The van der Waals surface area contributed by atoms with Gasteiger partial charge >= 0.3 is 0 Å². The number of carbonyl (C=O) groups excluding carboxylic acids is 1. The molecule has 0 radical (unpaired) electrons. The Kier molecular flexibility index (Phi) is 8.65. The van der Waals surface area contributed by atoms with Crippen LogP contribution >= 0.6 is 23.4 Å². The summed E-state index contributed by atoms with van der Waals surface area (Å²) in [7, 11) is 1.60. The molecule has 0 saturated carbocycles. The number of ether oxygens (including phenoxy) is 2. The number of amides is 1. The third kappa shape index (κ3) is 6.46. The highest BCUT2D eigenvalue weighted by Gasteiger charge is 2.18. The summed E-state index contributed by atoms with van der Waals surface area (Å²) in [4.78, 5) is 12.3. The molecule has 1 atom stereocenters. The molecule has 26 heavy (non-hydrogen) atoms. The second-order valence-electron chi connectivity index (χ2n) is 5.63. The van der Waals surface area contributed by atoms with Crippen LogP contribution in [0, 0.1) is 0 Å². The lowest BCUT2D eigenvalue weighted by atomic mass is 10.2. The van der Waals surface area contributed by atoms with E-state index in [0.717, 1.165) is 22.1 Å². The van der Waals surface area contributed by atoms with E-state index in [9.17, 15) is 4.79 Å². The zero-order chi connectivity index (χ0) is 18.8. The minimum atomic E-state index is -0.518. The average Bonchev–Trinajstić information content (AvgIpc) is 2.67. The number of nitrogens with one attached hydrogen (secondary N) is 1. The van der Waals surface area contributed by atoms with E-state index in [1.165, 1.54) is 0 Å². The van der Waals surface area contributed by atoms with Crippen molar-refractivity contribution in [3.8, 4) is 11.5 Å². The van der Waals surface area contributed by atoms with Crippen molar-refractivity contribution in [3.63, 3.8) is 0 Å². The van der Waals surface area contributed by atoms with Crippen LogP contribution < -0.4 is 14.8 Å². The van der Waals surface area contributed by atoms with Crippen LogP contribution in [0.5, 0.6) is 11.5 Å². The topological polar surface area (TPSA) is 47.6 Å². The predicted molar refractivity (Wildman–Crippen MR) is 108 cm³/mol. The van der Waals surface area contributed by atoms with Gasteiger partial charge in [0.15, 0.2) is 6.10 Å². The molecule has 0 unspecified atom stereocenters. The lowest BCUT2D eigenvalue weighted by molar-refractivity contribution is -0.127. The maximum absolute atomic E-state index is 12.3. The second-order valence-corrected chi connectivity index (χ2v) is 7.14.